The van der Waals surface area contributed by atoms with E-state index < -0.39 is 44.7 Å². The van der Waals surface area contributed by atoms with Crippen molar-refractivity contribution in [2.75, 3.05) is 13.2 Å². The van der Waals surface area contributed by atoms with Crippen LogP contribution in [0.3, 0.4) is 0 Å². The maximum Gasteiger partial charge on any atom is 0.598 e. The van der Waals surface area contributed by atoms with Gasteiger partial charge in [-0.2, -0.15) is 43.9 Å². The molecule has 0 N–H and O–H groups in total. The Balaban J connectivity index is 1.29. The molecule has 1 aliphatic rings. The second-order valence-corrected chi connectivity index (χ2v) is 15.8. The molecule has 0 aliphatic carbocycles. The molecular weight excluding hydrogens is 849 g/mol. The topological polar surface area (TPSA) is 35.8 Å². The van der Waals surface area contributed by atoms with Gasteiger partial charge in [-0.05, 0) is 117 Å². The number of fused-ring (bicyclic) bond motifs is 3. The summed E-state index contributed by atoms with van der Waals surface area (Å²) >= 11 is 0. The van der Waals surface area contributed by atoms with Gasteiger partial charge >= 0.3 is 31.5 Å². The van der Waals surface area contributed by atoms with E-state index in [1.807, 2.05) is 60.7 Å². The van der Waals surface area contributed by atoms with Crippen LogP contribution < -0.4 is 0 Å². The van der Waals surface area contributed by atoms with Crippen molar-refractivity contribution in [3.8, 4) is 22.3 Å². The Morgan fingerprint density at radius 2 is 1.03 bits per heavy atom. The molecule has 0 atom stereocenters. The second kappa shape index (κ2) is 16.4. The Morgan fingerprint density at radius 3 is 1.52 bits per heavy atom. The van der Waals surface area contributed by atoms with Crippen LogP contribution in [0.1, 0.15) is 36.4 Å². The lowest BCUT2D eigenvalue weighted by atomic mass is 9.85. The van der Waals surface area contributed by atoms with Crippen molar-refractivity contribution in [3.05, 3.63) is 161 Å². The lowest BCUT2D eigenvalue weighted by molar-refractivity contribution is -0.295. The highest BCUT2D eigenvalue weighted by atomic mass is 19.4. The number of hydrogen-bond acceptors (Lipinski definition) is 3. The summed E-state index contributed by atoms with van der Waals surface area (Å²) in [6.07, 6.45) is -10.5. The average molecular weight is 887 g/mol. The van der Waals surface area contributed by atoms with Crippen LogP contribution in [0.15, 0.2) is 144 Å². The lowest BCUT2D eigenvalue weighted by Crippen LogP contribution is -2.48. The number of aromatic nitrogens is 1. The van der Waals surface area contributed by atoms with E-state index >= 15 is 0 Å². The smallest absolute Gasteiger partial charge is 0.385 e. The Labute approximate surface area is 361 Å². The zero-order valence-corrected chi connectivity index (χ0v) is 34.6. The third-order valence-corrected chi connectivity index (χ3v) is 11.3. The van der Waals surface area contributed by atoms with Crippen molar-refractivity contribution in [1.29, 1.82) is 0 Å². The summed E-state index contributed by atoms with van der Waals surface area (Å²) in [5.74, 6) is -11.1. The zero-order valence-electron chi connectivity index (χ0n) is 34.6. The maximum atomic E-state index is 14.3. The monoisotopic (exact) mass is 886 g/mol. The summed E-state index contributed by atoms with van der Waals surface area (Å²) in [5, 5.41) is 6.09. The third-order valence-electron chi connectivity index (χ3n) is 11.3. The molecule has 0 radical (unpaired) electrons. The number of hydrogen-bond donors (Lipinski definition) is 0. The third kappa shape index (κ3) is 8.11. The second-order valence-electron chi connectivity index (χ2n) is 15.8. The minimum atomic E-state index is -6.14. The summed E-state index contributed by atoms with van der Waals surface area (Å²) in [7, 11) is -2.62. The molecule has 0 spiro atoms. The van der Waals surface area contributed by atoms with Gasteiger partial charge in [-0.1, -0.05) is 109 Å². The highest BCUT2D eigenvalue weighted by Crippen LogP contribution is 2.46. The highest BCUT2D eigenvalue weighted by Gasteiger charge is 2.60. The molecular formula is C49H37BF10N2O2. The molecule has 1 aromatic heterocycles. The molecule has 0 saturated carbocycles. The number of rotatable bonds is 11. The van der Waals surface area contributed by atoms with E-state index in [2.05, 4.69) is 42.5 Å². The fraction of sp³-hybridized carbons (Fsp3) is 0.204. The van der Waals surface area contributed by atoms with Gasteiger partial charge in [-0.3, -0.25) is 4.99 Å². The number of halogens is 10. The molecule has 7 aromatic rings. The summed E-state index contributed by atoms with van der Waals surface area (Å²) < 4.78 is 148. The fourth-order valence-corrected chi connectivity index (χ4v) is 8.34. The first kappa shape index (κ1) is 44.4. The Kier molecular flexibility index (Phi) is 11.4. The molecule has 6 aromatic carbocycles. The maximum absolute atomic E-state index is 14.3. The molecule has 0 amide bonds. The summed E-state index contributed by atoms with van der Waals surface area (Å²) in [5.41, 5.74) is 6.34. The summed E-state index contributed by atoms with van der Waals surface area (Å²) in [4.78, 5) is 4.70. The molecule has 1 aliphatic heterocycles. The van der Waals surface area contributed by atoms with E-state index in [4.69, 9.17) is 14.3 Å². The molecule has 8 rings (SSSR count). The van der Waals surface area contributed by atoms with Gasteiger partial charge in [0.15, 0.2) is 0 Å². The number of nitrogens with zero attached hydrogens (tertiary/aromatic N) is 2. The van der Waals surface area contributed by atoms with E-state index in [0.29, 0.717) is 28.1 Å². The van der Waals surface area contributed by atoms with Gasteiger partial charge in [-0.25, -0.2) is 0 Å². The molecule has 0 fully saturated rings. The Hall–Kier alpha value is -6.19. The van der Waals surface area contributed by atoms with Crippen LogP contribution in [0, 0.1) is 13.8 Å². The summed E-state index contributed by atoms with van der Waals surface area (Å²) in [6.45, 7) is 1.45. The van der Waals surface area contributed by atoms with Gasteiger partial charge in [0.25, 0.3) is 0 Å². The van der Waals surface area contributed by atoms with Crippen LogP contribution >= 0.6 is 0 Å². The average Bonchev–Trinajstić information content (AvgIpc) is 3.73. The molecule has 0 bridgehead atoms. The molecule has 64 heavy (non-hydrogen) atoms. The summed E-state index contributed by atoms with van der Waals surface area (Å²) in [6, 6.07) is 39.2. The standard InChI is InChI=1S/C49H37BF10N2O2/c1-28-23-30(3)61-44(28)43(45-29(2)24-31(4)62(45)50(63-26-46(51,52)48(55,56)57)64-27-47(53,54)49(58,59)60)34-20-18-33(19-21-34)41-37-13-7-9-15-39(37)42(40-16-10-8-14-38(40)41)36-22-17-32-11-5-6-12-35(32)25-36/h5-25H,26-27H2,1-4H3/b44-43-. The number of aliphatic imine (C=N–C) groups is 1. The van der Waals surface area contributed by atoms with Crippen LogP contribution in [-0.2, 0) is 9.31 Å². The van der Waals surface area contributed by atoms with Gasteiger partial charge < -0.3 is 13.8 Å². The SMILES string of the molecule is CC1=CC(C)=N/C1=C(/c1ccc(-c2c3ccccc3c(-c3ccc4ccccc4c3)c3ccccc23)cc1)c1c(C)cc(C)n1B(OCC(F)(F)C(F)(F)F)OCC(F)(F)C(F)(F)F. The van der Waals surface area contributed by atoms with Crippen molar-refractivity contribution < 1.29 is 53.2 Å². The van der Waals surface area contributed by atoms with Crippen molar-refractivity contribution in [1.82, 2.24) is 4.48 Å². The van der Waals surface area contributed by atoms with E-state index in [-0.39, 0.29) is 17.0 Å². The van der Waals surface area contributed by atoms with E-state index in [9.17, 15) is 43.9 Å². The van der Waals surface area contributed by atoms with Crippen molar-refractivity contribution in [3.63, 3.8) is 0 Å². The van der Waals surface area contributed by atoms with Crippen molar-refractivity contribution >= 4 is 50.9 Å². The lowest BCUT2D eigenvalue weighted by Gasteiger charge is -2.27. The Bertz CT molecular complexity index is 2950. The van der Waals surface area contributed by atoms with Gasteiger partial charge in [0.1, 0.15) is 13.2 Å². The molecule has 15 heteroatoms. The molecule has 0 unspecified atom stereocenters. The number of allylic oxidation sites excluding steroid dienone is 2. The van der Waals surface area contributed by atoms with Crippen molar-refractivity contribution in [2.45, 2.75) is 51.9 Å². The minimum absolute atomic E-state index is 0.0118. The zero-order chi connectivity index (χ0) is 45.9. The molecule has 2 heterocycles. The highest BCUT2D eigenvalue weighted by molar-refractivity contribution is 6.43. The van der Waals surface area contributed by atoms with Gasteiger partial charge in [0, 0.05) is 22.7 Å². The van der Waals surface area contributed by atoms with E-state index in [1.54, 1.807) is 39.0 Å². The first-order valence-electron chi connectivity index (χ1n) is 20.0. The van der Waals surface area contributed by atoms with Gasteiger partial charge in [0.2, 0.25) is 0 Å². The van der Waals surface area contributed by atoms with E-state index in [0.717, 1.165) is 59.0 Å². The molecule has 328 valence electrons. The van der Waals surface area contributed by atoms with Gasteiger partial charge in [0.05, 0.1) is 5.70 Å². The molecule has 4 nitrogen and oxygen atoms in total. The van der Waals surface area contributed by atoms with Crippen LogP contribution in [-0.4, -0.2) is 54.9 Å². The predicted octanol–water partition coefficient (Wildman–Crippen LogP) is 14.3. The van der Waals surface area contributed by atoms with E-state index in [1.165, 1.54) is 13.0 Å². The van der Waals surface area contributed by atoms with Crippen LogP contribution in [0.25, 0.3) is 60.1 Å². The predicted molar refractivity (Wildman–Crippen MR) is 232 cm³/mol. The fourth-order valence-electron chi connectivity index (χ4n) is 8.34. The van der Waals surface area contributed by atoms with Crippen LogP contribution in [0.4, 0.5) is 43.9 Å². The first-order valence-corrected chi connectivity index (χ1v) is 20.0. The normalized spacial score (nSPS) is 14.7. The van der Waals surface area contributed by atoms with Crippen molar-refractivity contribution in [2.24, 2.45) is 4.99 Å². The van der Waals surface area contributed by atoms with Crippen LogP contribution in [0.2, 0.25) is 0 Å². The minimum Gasteiger partial charge on any atom is -0.385 e. The molecule has 0 saturated heterocycles. The number of benzene rings is 6. The number of alkyl halides is 10. The number of aryl methyl sites for hydroxylation is 2. The largest absolute Gasteiger partial charge is 0.598 e. The Morgan fingerprint density at radius 1 is 0.562 bits per heavy atom. The van der Waals surface area contributed by atoms with Crippen LogP contribution in [0.5, 0.6) is 0 Å². The first-order chi connectivity index (χ1) is 30.2. The quantitative estimate of drug-likeness (QED) is 0.0737. The van der Waals surface area contributed by atoms with Gasteiger partial charge in [-0.15, -0.1) is 0 Å².